The third-order valence-electron chi connectivity index (χ3n) is 4.30. The van der Waals surface area contributed by atoms with Crippen LogP contribution in [0, 0.1) is 0 Å². The molecule has 124 valence electrons. The minimum Gasteiger partial charge on any atom is -0.275 e. The Morgan fingerprint density at radius 2 is 1.68 bits per heavy atom. The fraction of sp³-hybridized carbons (Fsp3) is 0.100. The largest absolute Gasteiger partial charge is 0.275 e. The Morgan fingerprint density at radius 3 is 2.36 bits per heavy atom. The number of aryl methyl sites for hydroxylation is 1. The lowest BCUT2D eigenvalue weighted by atomic mass is 9.99. The molecule has 0 saturated heterocycles. The van der Waals surface area contributed by atoms with E-state index < -0.39 is 10.8 Å². The number of nitrogens with zero attached hydrogens (tertiary/aromatic N) is 3. The van der Waals surface area contributed by atoms with E-state index in [1.54, 1.807) is 10.9 Å². The first kappa shape index (κ1) is 15.7. The topological polar surface area (TPSA) is 47.8 Å². The molecule has 2 aromatic heterocycles. The first-order chi connectivity index (χ1) is 12.1. The molecule has 1 atom stereocenters. The molecule has 0 bridgehead atoms. The molecule has 0 saturated carbocycles. The van der Waals surface area contributed by atoms with Crippen LogP contribution < -0.4 is 0 Å². The molecule has 5 heteroatoms. The van der Waals surface area contributed by atoms with Crippen molar-refractivity contribution in [3.63, 3.8) is 0 Å². The van der Waals surface area contributed by atoms with Crippen LogP contribution in [0.4, 0.5) is 0 Å². The summed E-state index contributed by atoms with van der Waals surface area (Å²) in [5.74, 6) is 0. The predicted octanol–water partition coefficient (Wildman–Crippen LogP) is 4.04. The second-order valence-corrected chi connectivity index (χ2v) is 7.38. The standard InChI is InChI=1S/C20H17N3OS/c1-23-13-17(11-22-23)14-3-5-15(6-4-14)20-12-21-10-16-7-8-18(25(2)24)9-19(16)20/h3-13H,1-2H3. The monoisotopic (exact) mass is 347 g/mol. The zero-order valence-corrected chi connectivity index (χ0v) is 14.8. The zero-order chi connectivity index (χ0) is 17.4. The smallest absolute Gasteiger partial charge is 0.0568 e. The minimum atomic E-state index is -1.01. The Balaban J connectivity index is 1.81. The molecule has 0 radical (unpaired) electrons. The molecule has 4 rings (SSSR count). The van der Waals surface area contributed by atoms with Crippen molar-refractivity contribution < 1.29 is 4.21 Å². The summed E-state index contributed by atoms with van der Waals surface area (Å²) in [5, 5.41) is 6.33. The van der Waals surface area contributed by atoms with E-state index in [2.05, 4.69) is 34.3 Å². The van der Waals surface area contributed by atoms with Crippen LogP contribution in [0.5, 0.6) is 0 Å². The van der Waals surface area contributed by atoms with Crippen LogP contribution in [-0.4, -0.2) is 25.2 Å². The number of hydrogen-bond donors (Lipinski definition) is 0. The summed E-state index contributed by atoms with van der Waals surface area (Å²) in [7, 11) is 0.906. The van der Waals surface area contributed by atoms with Gasteiger partial charge in [-0.25, -0.2) is 0 Å². The molecule has 2 aromatic carbocycles. The van der Waals surface area contributed by atoms with Gasteiger partial charge in [0.2, 0.25) is 0 Å². The van der Waals surface area contributed by atoms with E-state index in [0.29, 0.717) is 0 Å². The number of aromatic nitrogens is 3. The molecule has 2 heterocycles. The van der Waals surface area contributed by atoms with Gasteiger partial charge < -0.3 is 0 Å². The van der Waals surface area contributed by atoms with Gasteiger partial charge in [0.05, 0.1) is 6.20 Å². The molecule has 0 aliphatic heterocycles. The number of pyridine rings is 1. The fourth-order valence-corrected chi connectivity index (χ4v) is 3.51. The van der Waals surface area contributed by atoms with Gasteiger partial charge in [-0.1, -0.05) is 30.3 Å². The molecule has 4 nitrogen and oxygen atoms in total. The molecule has 1 unspecified atom stereocenters. The van der Waals surface area contributed by atoms with Crippen molar-refractivity contribution in [2.45, 2.75) is 4.90 Å². The van der Waals surface area contributed by atoms with Gasteiger partial charge in [-0.2, -0.15) is 5.10 Å². The molecular formula is C20H17N3OS. The molecule has 0 aliphatic carbocycles. The van der Waals surface area contributed by atoms with Crippen LogP contribution in [0.1, 0.15) is 0 Å². The van der Waals surface area contributed by atoms with E-state index in [1.165, 1.54) is 0 Å². The number of rotatable bonds is 3. The van der Waals surface area contributed by atoms with Gasteiger partial charge in [-0.15, -0.1) is 0 Å². The maximum absolute atomic E-state index is 11.8. The van der Waals surface area contributed by atoms with Gasteiger partial charge in [0.1, 0.15) is 0 Å². The van der Waals surface area contributed by atoms with Crippen molar-refractivity contribution >= 4 is 21.6 Å². The lowest BCUT2D eigenvalue weighted by molar-refractivity contribution is 0.687. The second-order valence-electron chi connectivity index (χ2n) is 6.00. The lowest BCUT2D eigenvalue weighted by Crippen LogP contribution is -1.90. The lowest BCUT2D eigenvalue weighted by Gasteiger charge is -2.08. The Morgan fingerprint density at radius 1 is 0.920 bits per heavy atom. The van der Waals surface area contributed by atoms with Gasteiger partial charge in [0, 0.05) is 64.1 Å². The van der Waals surface area contributed by atoms with Crippen LogP contribution in [-0.2, 0) is 17.8 Å². The van der Waals surface area contributed by atoms with Crippen LogP contribution >= 0.6 is 0 Å². The maximum Gasteiger partial charge on any atom is 0.0568 e. The fourth-order valence-electron chi connectivity index (χ4n) is 2.96. The first-order valence-electron chi connectivity index (χ1n) is 7.92. The third-order valence-corrected chi connectivity index (χ3v) is 5.22. The summed E-state index contributed by atoms with van der Waals surface area (Å²) in [5.41, 5.74) is 4.35. The van der Waals surface area contributed by atoms with E-state index in [1.807, 2.05) is 50.0 Å². The molecule has 25 heavy (non-hydrogen) atoms. The van der Waals surface area contributed by atoms with Crippen LogP contribution in [0.3, 0.4) is 0 Å². The predicted molar refractivity (Wildman–Crippen MR) is 102 cm³/mol. The van der Waals surface area contributed by atoms with Crippen molar-refractivity contribution in [1.29, 1.82) is 0 Å². The molecule has 0 spiro atoms. The zero-order valence-electron chi connectivity index (χ0n) is 14.0. The Kier molecular flexibility index (Phi) is 3.93. The highest BCUT2D eigenvalue weighted by atomic mass is 32.2. The first-order valence-corrected chi connectivity index (χ1v) is 9.48. The molecule has 0 N–H and O–H groups in total. The van der Waals surface area contributed by atoms with Crippen molar-refractivity contribution in [2.24, 2.45) is 7.05 Å². The minimum absolute atomic E-state index is 0.826. The molecule has 0 aliphatic rings. The van der Waals surface area contributed by atoms with Crippen LogP contribution in [0.2, 0.25) is 0 Å². The van der Waals surface area contributed by atoms with Gasteiger partial charge in [0.25, 0.3) is 0 Å². The Bertz CT molecular complexity index is 1080. The van der Waals surface area contributed by atoms with Crippen molar-refractivity contribution in [3.05, 3.63) is 67.3 Å². The highest BCUT2D eigenvalue weighted by Gasteiger charge is 2.08. The average Bonchev–Trinajstić information content (AvgIpc) is 3.07. The van der Waals surface area contributed by atoms with Crippen LogP contribution in [0.25, 0.3) is 33.0 Å². The summed E-state index contributed by atoms with van der Waals surface area (Å²) in [4.78, 5) is 5.18. The normalized spacial score (nSPS) is 12.4. The number of hydrogen-bond acceptors (Lipinski definition) is 3. The summed E-state index contributed by atoms with van der Waals surface area (Å²) in [6, 6.07) is 14.2. The van der Waals surface area contributed by atoms with E-state index in [-0.39, 0.29) is 0 Å². The van der Waals surface area contributed by atoms with Crippen molar-refractivity contribution in [1.82, 2.24) is 14.8 Å². The highest BCUT2D eigenvalue weighted by Crippen LogP contribution is 2.30. The van der Waals surface area contributed by atoms with Gasteiger partial charge in [-0.05, 0) is 28.6 Å². The second kappa shape index (κ2) is 6.26. The summed E-state index contributed by atoms with van der Waals surface area (Å²) < 4.78 is 13.6. The van der Waals surface area contributed by atoms with E-state index >= 15 is 0 Å². The van der Waals surface area contributed by atoms with Crippen molar-refractivity contribution in [3.8, 4) is 22.3 Å². The maximum atomic E-state index is 11.8. The summed E-state index contributed by atoms with van der Waals surface area (Å²) in [6.45, 7) is 0. The highest BCUT2D eigenvalue weighted by molar-refractivity contribution is 7.84. The summed E-state index contributed by atoms with van der Waals surface area (Å²) >= 11 is 0. The van der Waals surface area contributed by atoms with E-state index in [4.69, 9.17) is 0 Å². The number of fused-ring (bicyclic) bond motifs is 1. The SMILES string of the molecule is Cn1cc(-c2ccc(-c3cncc4ccc(S(C)=O)cc34)cc2)cn1. The third kappa shape index (κ3) is 2.98. The van der Waals surface area contributed by atoms with Gasteiger partial charge in [-0.3, -0.25) is 13.9 Å². The molecular weight excluding hydrogens is 330 g/mol. The van der Waals surface area contributed by atoms with E-state index in [0.717, 1.165) is 37.9 Å². The Hall–Kier alpha value is -2.79. The van der Waals surface area contributed by atoms with Gasteiger partial charge in [0.15, 0.2) is 0 Å². The Labute approximate surface area is 148 Å². The molecule has 0 amide bonds. The molecule has 4 aromatic rings. The summed E-state index contributed by atoms with van der Waals surface area (Å²) in [6.07, 6.45) is 9.26. The van der Waals surface area contributed by atoms with Crippen molar-refractivity contribution in [2.75, 3.05) is 6.26 Å². The number of benzene rings is 2. The molecule has 0 fully saturated rings. The average molecular weight is 347 g/mol. The van der Waals surface area contributed by atoms with Gasteiger partial charge >= 0.3 is 0 Å². The van der Waals surface area contributed by atoms with Crippen LogP contribution in [0.15, 0.2) is 72.1 Å². The van der Waals surface area contributed by atoms with E-state index in [9.17, 15) is 4.21 Å². The quantitative estimate of drug-likeness (QED) is 0.562.